The molecular formula is C11H20N2O2. The first-order valence-electron chi connectivity index (χ1n) is 5.79. The summed E-state index contributed by atoms with van der Waals surface area (Å²) >= 11 is 0. The lowest BCUT2D eigenvalue weighted by atomic mass is 10.2. The highest BCUT2D eigenvalue weighted by Crippen LogP contribution is 2.42. The number of ether oxygens (including phenoxy) is 1. The highest BCUT2D eigenvalue weighted by molar-refractivity contribution is 5.92. The van der Waals surface area contributed by atoms with E-state index in [-0.39, 0.29) is 23.7 Å². The van der Waals surface area contributed by atoms with Gasteiger partial charge in [-0.3, -0.25) is 10.1 Å². The van der Waals surface area contributed by atoms with Crippen LogP contribution in [0.25, 0.3) is 0 Å². The highest BCUT2D eigenvalue weighted by atomic mass is 16.5. The number of carbonyl (C=O) groups is 1. The third-order valence-corrected chi connectivity index (χ3v) is 3.33. The van der Waals surface area contributed by atoms with Gasteiger partial charge in [-0.05, 0) is 33.6 Å². The largest absolute Gasteiger partial charge is 0.380 e. The van der Waals surface area contributed by atoms with Gasteiger partial charge in [-0.2, -0.15) is 0 Å². The molecule has 1 saturated heterocycles. The van der Waals surface area contributed by atoms with Crippen LogP contribution in [-0.2, 0) is 9.53 Å². The molecule has 86 valence electrons. The minimum Gasteiger partial charge on any atom is -0.380 e. The van der Waals surface area contributed by atoms with E-state index in [2.05, 4.69) is 5.32 Å². The van der Waals surface area contributed by atoms with Gasteiger partial charge < -0.3 is 9.64 Å². The van der Waals surface area contributed by atoms with Crippen LogP contribution in [-0.4, -0.2) is 41.8 Å². The van der Waals surface area contributed by atoms with Crippen molar-refractivity contribution in [2.24, 2.45) is 0 Å². The molecule has 1 heterocycles. The van der Waals surface area contributed by atoms with Gasteiger partial charge in [0.15, 0.2) is 0 Å². The molecule has 1 amide bonds. The Hall–Kier alpha value is -0.610. The summed E-state index contributed by atoms with van der Waals surface area (Å²) in [6.07, 6.45) is 2.14. The van der Waals surface area contributed by atoms with E-state index >= 15 is 0 Å². The lowest BCUT2D eigenvalue weighted by molar-refractivity contribution is -0.133. The molecule has 4 heteroatoms. The van der Waals surface area contributed by atoms with E-state index in [1.807, 2.05) is 25.7 Å². The van der Waals surface area contributed by atoms with Gasteiger partial charge in [0.2, 0.25) is 5.91 Å². The van der Waals surface area contributed by atoms with Crippen LogP contribution in [0.4, 0.5) is 0 Å². The van der Waals surface area contributed by atoms with Crippen LogP contribution in [0.3, 0.4) is 0 Å². The second kappa shape index (κ2) is 3.76. The Morgan fingerprint density at radius 1 is 1.67 bits per heavy atom. The number of carbonyl (C=O) groups excluding carboxylic acids is 1. The Morgan fingerprint density at radius 2 is 2.33 bits per heavy atom. The van der Waals surface area contributed by atoms with Gasteiger partial charge in [-0.25, -0.2) is 0 Å². The molecule has 2 unspecified atom stereocenters. The lowest BCUT2D eigenvalue weighted by Crippen LogP contribution is -2.43. The van der Waals surface area contributed by atoms with Crippen LogP contribution in [0.15, 0.2) is 0 Å². The Bertz CT molecular complexity index is 263. The van der Waals surface area contributed by atoms with Crippen molar-refractivity contribution in [2.45, 2.75) is 51.4 Å². The molecule has 1 spiro atoms. The summed E-state index contributed by atoms with van der Waals surface area (Å²) in [5.74, 6) is 0.266. The summed E-state index contributed by atoms with van der Waals surface area (Å²) in [7, 11) is 0. The topological polar surface area (TPSA) is 41.6 Å². The van der Waals surface area contributed by atoms with Crippen molar-refractivity contribution in [3.05, 3.63) is 0 Å². The second-order valence-corrected chi connectivity index (χ2v) is 4.62. The zero-order valence-corrected chi connectivity index (χ0v) is 9.75. The zero-order chi connectivity index (χ0) is 11.1. The fourth-order valence-electron chi connectivity index (χ4n) is 2.39. The molecule has 0 radical (unpaired) electrons. The molecule has 1 saturated carbocycles. The molecule has 1 aliphatic carbocycles. The predicted molar refractivity (Wildman–Crippen MR) is 57.4 cm³/mol. The van der Waals surface area contributed by atoms with E-state index in [9.17, 15) is 4.79 Å². The fourth-order valence-corrected chi connectivity index (χ4v) is 2.39. The SMILES string of the molecule is CCOCC(C)N1C(=O)C2(CC2)NC1C. The Morgan fingerprint density at radius 3 is 2.80 bits per heavy atom. The molecule has 1 aliphatic heterocycles. The van der Waals surface area contributed by atoms with E-state index < -0.39 is 0 Å². The fraction of sp³-hybridized carbons (Fsp3) is 0.909. The summed E-state index contributed by atoms with van der Waals surface area (Å²) in [6.45, 7) is 7.41. The standard InChI is InChI=1S/C11H20N2O2/c1-4-15-7-8(2)13-9(3)12-11(5-6-11)10(13)14/h8-9,12H,4-7H2,1-3H3. The number of rotatable bonds is 4. The number of hydrogen-bond acceptors (Lipinski definition) is 3. The van der Waals surface area contributed by atoms with Crippen LogP contribution in [0.1, 0.15) is 33.6 Å². The first-order chi connectivity index (χ1) is 7.10. The van der Waals surface area contributed by atoms with Gasteiger partial charge in [0.05, 0.1) is 24.4 Å². The molecule has 15 heavy (non-hydrogen) atoms. The molecule has 2 aliphatic rings. The minimum absolute atomic E-state index is 0.149. The second-order valence-electron chi connectivity index (χ2n) is 4.62. The van der Waals surface area contributed by atoms with Crippen LogP contribution >= 0.6 is 0 Å². The maximum Gasteiger partial charge on any atom is 0.244 e. The Balaban J connectivity index is 1.99. The van der Waals surface area contributed by atoms with Gasteiger partial charge >= 0.3 is 0 Å². The lowest BCUT2D eigenvalue weighted by Gasteiger charge is -2.27. The number of hydrogen-bond donors (Lipinski definition) is 1. The maximum absolute atomic E-state index is 12.1. The molecule has 2 atom stereocenters. The highest BCUT2D eigenvalue weighted by Gasteiger charge is 2.58. The summed E-state index contributed by atoms with van der Waals surface area (Å²) in [6, 6.07) is 0.167. The third kappa shape index (κ3) is 1.76. The Labute approximate surface area is 91.0 Å². The molecule has 0 aromatic rings. The monoisotopic (exact) mass is 212 g/mol. The summed E-state index contributed by atoms with van der Waals surface area (Å²) in [5, 5.41) is 3.38. The minimum atomic E-state index is -0.195. The molecular weight excluding hydrogens is 192 g/mol. The van der Waals surface area contributed by atoms with E-state index in [1.165, 1.54) is 0 Å². The van der Waals surface area contributed by atoms with E-state index in [0.29, 0.717) is 13.2 Å². The molecule has 0 bridgehead atoms. The predicted octanol–water partition coefficient (Wildman–Crippen LogP) is 0.722. The van der Waals surface area contributed by atoms with Crippen LogP contribution in [0, 0.1) is 0 Å². The average molecular weight is 212 g/mol. The van der Waals surface area contributed by atoms with Gasteiger partial charge in [0.1, 0.15) is 0 Å². The van der Waals surface area contributed by atoms with E-state index in [1.54, 1.807) is 0 Å². The molecule has 0 aromatic heterocycles. The number of nitrogens with zero attached hydrogens (tertiary/aromatic N) is 1. The number of nitrogens with one attached hydrogen (secondary N) is 1. The van der Waals surface area contributed by atoms with Crippen molar-refractivity contribution in [2.75, 3.05) is 13.2 Å². The summed E-state index contributed by atoms with van der Waals surface area (Å²) in [4.78, 5) is 14.0. The maximum atomic E-state index is 12.1. The summed E-state index contributed by atoms with van der Waals surface area (Å²) in [5.41, 5.74) is -0.195. The first-order valence-corrected chi connectivity index (χ1v) is 5.79. The van der Waals surface area contributed by atoms with Gasteiger partial charge in [-0.1, -0.05) is 0 Å². The third-order valence-electron chi connectivity index (χ3n) is 3.33. The number of amides is 1. The van der Waals surface area contributed by atoms with E-state index in [0.717, 1.165) is 12.8 Å². The first kappa shape index (κ1) is 10.9. The quantitative estimate of drug-likeness (QED) is 0.746. The van der Waals surface area contributed by atoms with Crippen molar-refractivity contribution in [3.63, 3.8) is 0 Å². The molecule has 2 fully saturated rings. The van der Waals surface area contributed by atoms with Crippen LogP contribution in [0.5, 0.6) is 0 Å². The molecule has 1 N–H and O–H groups in total. The van der Waals surface area contributed by atoms with Crippen molar-refractivity contribution >= 4 is 5.91 Å². The smallest absolute Gasteiger partial charge is 0.244 e. The molecule has 2 rings (SSSR count). The molecule has 4 nitrogen and oxygen atoms in total. The van der Waals surface area contributed by atoms with Crippen molar-refractivity contribution < 1.29 is 9.53 Å². The van der Waals surface area contributed by atoms with Crippen molar-refractivity contribution in [3.8, 4) is 0 Å². The summed E-state index contributed by atoms with van der Waals surface area (Å²) < 4.78 is 5.37. The van der Waals surface area contributed by atoms with Crippen LogP contribution in [0.2, 0.25) is 0 Å². The van der Waals surface area contributed by atoms with Gasteiger partial charge in [0, 0.05) is 6.61 Å². The van der Waals surface area contributed by atoms with Crippen molar-refractivity contribution in [1.82, 2.24) is 10.2 Å². The van der Waals surface area contributed by atoms with Gasteiger partial charge in [0.25, 0.3) is 0 Å². The van der Waals surface area contributed by atoms with Crippen LogP contribution < -0.4 is 5.32 Å². The average Bonchev–Trinajstić information content (AvgIpc) is 2.90. The normalized spacial score (nSPS) is 29.9. The zero-order valence-electron chi connectivity index (χ0n) is 9.75. The van der Waals surface area contributed by atoms with Gasteiger partial charge in [-0.15, -0.1) is 0 Å². The van der Waals surface area contributed by atoms with Crippen molar-refractivity contribution in [1.29, 1.82) is 0 Å². The molecule has 0 aromatic carbocycles. The Kier molecular flexibility index (Phi) is 2.73. The van der Waals surface area contributed by atoms with E-state index in [4.69, 9.17) is 4.74 Å².